The molecule has 0 aliphatic carbocycles. The normalized spacial score (nSPS) is 17.7. The molecule has 1 amide bonds. The summed E-state index contributed by atoms with van der Waals surface area (Å²) in [6.07, 6.45) is 1.83. The minimum Gasteiger partial charge on any atom is -0.351 e. The summed E-state index contributed by atoms with van der Waals surface area (Å²) in [4.78, 5) is 12.5. The van der Waals surface area contributed by atoms with Gasteiger partial charge < -0.3 is 5.32 Å². The third-order valence-electron chi connectivity index (χ3n) is 4.79. The van der Waals surface area contributed by atoms with Crippen molar-refractivity contribution >= 4 is 21.6 Å². The number of sulfonamides is 1. The van der Waals surface area contributed by atoms with Gasteiger partial charge in [-0.15, -0.1) is 0 Å². The zero-order valence-corrected chi connectivity index (χ0v) is 16.1. The molecule has 26 heavy (non-hydrogen) atoms. The second-order valence-electron chi connectivity index (χ2n) is 6.98. The summed E-state index contributed by atoms with van der Waals surface area (Å²) < 4.78 is 25.4. The monoisotopic (exact) mass is 372 g/mol. The number of nitrogens with one attached hydrogen (secondary N) is 1. The predicted molar refractivity (Wildman–Crippen MR) is 104 cm³/mol. The van der Waals surface area contributed by atoms with Crippen molar-refractivity contribution in [2.45, 2.75) is 32.2 Å². The quantitative estimate of drug-likeness (QED) is 0.877. The van der Waals surface area contributed by atoms with E-state index in [9.17, 15) is 13.2 Å². The lowest BCUT2D eigenvalue weighted by Gasteiger charge is -2.22. The molecule has 0 radical (unpaired) electrons. The predicted octanol–water partition coefficient (Wildman–Crippen LogP) is 2.93. The molecule has 0 spiro atoms. The highest BCUT2D eigenvalue weighted by Gasteiger charge is 2.32. The first-order valence-corrected chi connectivity index (χ1v) is 10.6. The first-order chi connectivity index (χ1) is 12.3. The number of nitrogens with zero attached hydrogens (tertiary/aromatic N) is 1. The maximum atomic E-state index is 12.5. The van der Waals surface area contributed by atoms with Crippen molar-refractivity contribution in [3.63, 3.8) is 0 Å². The van der Waals surface area contributed by atoms with Crippen LogP contribution in [0.5, 0.6) is 0 Å². The van der Waals surface area contributed by atoms with Crippen LogP contribution in [0.25, 0.3) is 0 Å². The highest BCUT2D eigenvalue weighted by atomic mass is 32.2. The number of amides is 1. The molecule has 2 aromatic rings. The molecule has 2 atom stereocenters. The average molecular weight is 372 g/mol. The Hall–Kier alpha value is -2.34. The lowest BCUT2D eigenvalue weighted by Crippen LogP contribution is -2.34. The average Bonchev–Trinajstić information content (AvgIpc) is 2.95. The van der Waals surface area contributed by atoms with Crippen molar-refractivity contribution < 1.29 is 13.2 Å². The van der Waals surface area contributed by atoms with E-state index < -0.39 is 10.0 Å². The Balaban J connectivity index is 1.71. The Morgan fingerprint density at radius 1 is 1.23 bits per heavy atom. The highest BCUT2D eigenvalue weighted by molar-refractivity contribution is 7.92. The van der Waals surface area contributed by atoms with E-state index in [0.29, 0.717) is 24.2 Å². The van der Waals surface area contributed by atoms with Gasteiger partial charge in [0, 0.05) is 18.2 Å². The van der Waals surface area contributed by atoms with Gasteiger partial charge in [0.25, 0.3) is 5.91 Å². The van der Waals surface area contributed by atoms with Crippen molar-refractivity contribution in [3.05, 3.63) is 65.2 Å². The van der Waals surface area contributed by atoms with Crippen molar-refractivity contribution in [1.82, 2.24) is 5.32 Å². The van der Waals surface area contributed by atoms with Gasteiger partial charge in [-0.2, -0.15) is 0 Å². The topological polar surface area (TPSA) is 66.5 Å². The Labute approximate surface area is 155 Å². The van der Waals surface area contributed by atoms with Crippen LogP contribution in [-0.2, 0) is 16.4 Å². The van der Waals surface area contributed by atoms with Gasteiger partial charge in [0.1, 0.15) is 0 Å². The summed E-state index contributed by atoms with van der Waals surface area (Å²) in [6, 6.07) is 15.1. The molecule has 6 heteroatoms. The van der Waals surface area contributed by atoms with Crippen LogP contribution in [0.4, 0.5) is 5.69 Å². The molecule has 1 aliphatic rings. The Kier molecular flexibility index (Phi) is 5.05. The molecule has 0 aromatic heterocycles. The molecule has 5 nitrogen and oxygen atoms in total. The van der Waals surface area contributed by atoms with Crippen LogP contribution >= 0.6 is 0 Å². The van der Waals surface area contributed by atoms with Gasteiger partial charge in [0.05, 0.1) is 11.9 Å². The Morgan fingerprint density at radius 2 is 1.92 bits per heavy atom. The van der Waals surface area contributed by atoms with Crippen LogP contribution < -0.4 is 9.62 Å². The molecule has 0 fully saturated rings. The highest BCUT2D eigenvalue weighted by Crippen LogP contribution is 2.34. The van der Waals surface area contributed by atoms with Crippen LogP contribution in [-0.4, -0.2) is 33.2 Å². The molecule has 3 rings (SSSR count). The van der Waals surface area contributed by atoms with Gasteiger partial charge in [0.2, 0.25) is 10.0 Å². The lowest BCUT2D eigenvalue weighted by molar-refractivity contribution is 0.0951. The van der Waals surface area contributed by atoms with Crippen LogP contribution in [0.15, 0.2) is 48.5 Å². The van der Waals surface area contributed by atoms with E-state index in [1.165, 1.54) is 16.1 Å². The zero-order valence-electron chi connectivity index (χ0n) is 15.3. The number of hydrogen-bond acceptors (Lipinski definition) is 3. The van der Waals surface area contributed by atoms with Gasteiger partial charge in [-0.05, 0) is 48.6 Å². The van der Waals surface area contributed by atoms with Crippen LogP contribution in [0.2, 0.25) is 0 Å². The van der Waals surface area contributed by atoms with Gasteiger partial charge >= 0.3 is 0 Å². The number of rotatable bonds is 5. The smallest absolute Gasteiger partial charge is 0.251 e. The number of hydrogen-bond donors (Lipinski definition) is 1. The van der Waals surface area contributed by atoms with Gasteiger partial charge in [0.15, 0.2) is 0 Å². The molecule has 1 aliphatic heterocycles. The molecule has 0 saturated heterocycles. The van der Waals surface area contributed by atoms with Crippen molar-refractivity contribution in [2.24, 2.45) is 0 Å². The Morgan fingerprint density at radius 3 is 2.58 bits per heavy atom. The van der Waals surface area contributed by atoms with E-state index in [1.807, 2.05) is 37.3 Å². The maximum Gasteiger partial charge on any atom is 0.251 e. The van der Waals surface area contributed by atoms with Crippen LogP contribution in [0, 0.1) is 0 Å². The van der Waals surface area contributed by atoms with E-state index in [2.05, 4.69) is 12.2 Å². The summed E-state index contributed by atoms with van der Waals surface area (Å²) in [5, 5.41) is 2.97. The number of benzene rings is 2. The van der Waals surface area contributed by atoms with Crippen molar-refractivity contribution in [1.29, 1.82) is 0 Å². The zero-order chi connectivity index (χ0) is 18.9. The summed E-state index contributed by atoms with van der Waals surface area (Å²) in [7, 11) is -3.32. The summed E-state index contributed by atoms with van der Waals surface area (Å²) in [6.45, 7) is 4.50. The number of carbonyl (C=O) groups is 1. The Bertz CT molecular complexity index is 910. The standard InChI is InChI=1S/C20H24N2O3S/c1-14(16-7-5-4-6-8-16)13-21-20(23)17-9-10-19-18(12-17)11-15(2)22(19)26(3,24)25/h4-10,12,14-15H,11,13H2,1-3H3,(H,21,23)/t14-,15-/m1/s1. The second kappa shape index (κ2) is 7.11. The fraction of sp³-hybridized carbons (Fsp3) is 0.350. The molecule has 1 N–H and O–H groups in total. The van der Waals surface area contributed by atoms with Crippen molar-refractivity contribution in [2.75, 3.05) is 17.1 Å². The van der Waals surface area contributed by atoms with E-state index in [0.717, 1.165) is 5.56 Å². The number of carbonyl (C=O) groups excluding carboxylic acids is 1. The third-order valence-corrected chi connectivity index (χ3v) is 6.06. The van der Waals surface area contributed by atoms with E-state index in [-0.39, 0.29) is 17.9 Å². The molecule has 0 unspecified atom stereocenters. The molecule has 0 saturated carbocycles. The van der Waals surface area contributed by atoms with E-state index >= 15 is 0 Å². The van der Waals surface area contributed by atoms with Crippen LogP contribution in [0.1, 0.15) is 41.3 Å². The molecular weight excluding hydrogens is 348 g/mol. The summed E-state index contributed by atoms with van der Waals surface area (Å²) in [5.41, 5.74) is 3.31. The largest absolute Gasteiger partial charge is 0.351 e. The molecule has 2 aromatic carbocycles. The number of fused-ring (bicyclic) bond motifs is 1. The van der Waals surface area contributed by atoms with Crippen LogP contribution in [0.3, 0.4) is 0 Å². The number of anilines is 1. The van der Waals surface area contributed by atoms with Crippen molar-refractivity contribution in [3.8, 4) is 0 Å². The van der Waals surface area contributed by atoms with Gasteiger partial charge in [-0.25, -0.2) is 8.42 Å². The molecule has 138 valence electrons. The second-order valence-corrected chi connectivity index (χ2v) is 8.84. The first-order valence-electron chi connectivity index (χ1n) is 8.73. The fourth-order valence-corrected chi connectivity index (χ4v) is 4.76. The molecule has 0 bridgehead atoms. The first kappa shape index (κ1) is 18.5. The van der Waals surface area contributed by atoms with Gasteiger partial charge in [-0.3, -0.25) is 9.10 Å². The third kappa shape index (κ3) is 3.75. The van der Waals surface area contributed by atoms with Gasteiger partial charge in [-0.1, -0.05) is 37.3 Å². The maximum absolute atomic E-state index is 12.5. The minimum atomic E-state index is -3.32. The molecular formula is C20H24N2O3S. The fourth-order valence-electron chi connectivity index (χ4n) is 3.50. The summed E-state index contributed by atoms with van der Waals surface area (Å²) in [5.74, 6) is 0.0800. The molecule has 1 heterocycles. The SMILES string of the molecule is C[C@H](CNC(=O)c1ccc2c(c1)C[C@@H](C)N2S(C)(=O)=O)c1ccccc1. The van der Waals surface area contributed by atoms with E-state index in [1.54, 1.807) is 18.2 Å². The van der Waals surface area contributed by atoms with E-state index in [4.69, 9.17) is 0 Å². The summed E-state index contributed by atoms with van der Waals surface area (Å²) >= 11 is 0. The minimum absolute atomic E-state index is 0.128. The lowest BCUT2D eigenvalue weighted by atomic mass is 10.0.